The zero-order valence-corrected chi connectivity index (χ0v) is 16.6. The number of rotatable bonds is 9. The van der Waals surface area contributed by atoms with Gasteiger partial charge in [0, 0.05) is 32.6 Å². The molecule has 1 rings (SSSR count). The van der Waals surface area contributed by atoms with E-state index in [1.165, 1.54) is 41.9 Å². The monoisotopic (exact) mass is 378 g/mol. The lowest BCUT2D eigenvalue weighted by Gasteiger charge is -2.11. The molecule has 23 heavy (non-hydrogen) atoms. The van der Waals surface area contributed by atoms with E-state index in [0.717, 1.165) is 23.8 Å². The van der Waals surface area contributed by atoms with E-state index in [1.807, 2.05) is 17.8 Å². The summed E-state index contributed by atoms with van der Waals surface area (Å²) < 4.78 is 25.7. The Morgan fingerprint density at radius 2 is 2.04 bits per heavy atom. The molecular formula is C14H26N4O2S3. The molecule has 132 valence electrons. The maximum Gasteiger partial charge on any atom is 0.252 e. The Morgan fingerprint density at radius 3 is 2.65 bits per heavy atom. The first-order valence-corrected chi connectivity index (χ1v) is 11.0. The highest BCUT2D eigenvalue weighted by Crippen LogP contribution is 2.23. The van der Waals surface area contributed by atoms with Gasteiger partial charge in [-0.3, -0.25) is 4.99 Å². The molecule has 0 saturated carbocycles. The summed E-state index contributed by atoms with van der Waals surface area (Å²) in [6.07, 6.45) is 4.40. The van der Waals surface area contributed by atoms with Gasteiger partial charge in [0.15, 0.2) is 5.96 Å². The molecule has 0 unspecified atom stereocenters. The second kappa shape index (κ2) is 10.2. The summed E-state index contributed by atoms with van der Waals surface area (Å²) in [5.41, 5.74) is 0. The van der Waals surface area contributed by atoms with E-state index in [1.54, 1.807) is 13.1 Å². The van der Waals surface area contributed by atoms with Crippen LogP contribution in [0.1, 0.15) is 17.7 Å². The second-order valence-corrected chi connectivity index (χ2v) is 9.59. The highest BCUT2D eigenvalue weighted by atomic mass is 32.2. The quantitative estimate of drug-likeness (QED) is 0.389. The largest absolute Gasteiger partial charge is 0.356 e. The van der Waals surface area contributed by atoms with Crippen molar-refractivity contribution in [1.29, 1.82) is 0 Å². The molecule has 0 atom stereocenters. The fraction of sp³-hybridized carbons (Fsp3) is 0.643. The van der Waals surface area contributed by atoms with Gasteiger partial charge in [-0.2, -0.15) is 11.8 Å². The Balaban J connectivity index is 2.46. The molecule has 0 aliphatic rings. The first-order valence-electron chi connectivity index (χ1n) is 7.36. The van der Waals surface area contributed by atoms with Crippen LogP contribution >= 0.6 is 23.1 Å². The highest BCUT2D eigenvalue weighted by Gasteiger charge is 2.19. The first kappa shape index (κ1) is 20.3. The Hall–Kier alpha value is -0.770. The van der Waals surface area contributed by atoms with Crippen LogP contribution in [-0.2, 0) is 16.6 Å². The molecule has 0 aliphatic heterocycles. The number of aliphatic imine (C=N–C) groups is 1. The van der Waals surface area contributed by atoms with Gasteiger partial charge in [0.05, 0.1) is 6.54 Å². The third-order valence-corrected chi connectivity index (χ3v) is 7.16. The smallest absolute Gasteiger partial charge is 0.252 e. The molecule has 0 radical (unpaired) electrons. The van der Waals surface area contributed by atoms with E-state index in [4.69, 9.17) is 0 Å². The standard InChI is InChI=1S/C14H26N4O2S3/c1-15-14(16-9-5-6-10-21-4)17-11-12-7-8-13(22-12)23(19,20)18(2)3/h7-8H,5-6,9-11H2,1-4H3,(H2,15,16,17). The van der Waals surface area contributed by atoms with Gasteiger partial charge in [0.25, 0.3) is 10.0 Å². The van der Waals surface area contributed by atoms with Gasteiger partial charge >= 0.3 is 0 Å². The van der Waals surface area contributed by atoms with Gasteiger partial charge in [-0.1, -0.05) is 0 Å². The van der Waals surface area contributed by atoms with E-state index in [0.29, 0.717) is 10.8 Å². The highest BCUT2D eigenvalue weighted by molar-refractivity contribution is 7.98. The Kier molecular flexibility index (Phi) is 8.96. The van der Waals surface area contributed by atoms with Crippen molar-refractivity contribution < 1.29 is 8.42 Å². The number of thiophene rings is 1. The topological polar surface area (TPSA) is 73.8 Å². The summed E-state index contributed by atoms with van der Waals surface area (Å²) >= 11 is 3.13. The maximum absolute atomic E-state index is 12.0. The van der Waals surface area contributed by atoms with E-state index in [2.05, 4.69) is 21.9 Å². The Morgan fingerprint density at radius 1 is 1.30 bits per heavy atom. The van der Waals surface area contributed by atoms with Crippen LogP contribution in [0.15, 0.2) is 21.3 Å². The van der Waals surface area contributed by atoms with Crippen LogP contribution in [0.2, 0.25) is 0 Å². The number of guanidine groups is 1. The van der Waals surface area contributed by atoms with Crippen LogP contribution in [0.5, 0.6) is 0 Å². The SMILES string of the molecule is CN=C(NCCCCSC)NCc1ccc(S(=O)(=O)N(C)C)s1. The number of nitrogens with one attached hydrogen (secondary N) is 2. The average Bonchev–Trinajstić information content (AvgIpc) is 2.99. The zero-order chi connectivity index (χ0) is 17.3. The molecule has 1 heterocycles. The fourth-order valence-electron chi connectivity index (χ4n) is 1.74. The molecule has 1 aromatic rings. The molecule has 0 spiro atoms. The van der Waals surface area contributed by atoms with Crippen molar-refractivity contribution in [3.05, 3.63) is 17.0 Å². The predicted molar refractivity (Wildman–Crippen MR) is 101 cm³/mol. The molecule has 2 N–H and O–H groups in total. The molecule has 9 heteroatoms. The predicted octanol–water partition coefficient (Wildman–Crippen LogP) is 1.81. The van der Waals surface area contributed by atoms with Gasteiger partial charge in [-0.15, -0.1) is 11.3 Å². The van der Waals surface area contributed by atoms with Crippen LogP contribution in [0.4, 0.5) is 0 Å². The minimum Gasteiger partial charge on any atom is -0.356 e. The van der Waals surface area contributed by atoms with Gasteiger partial charge in [0.2, 0.25) is 0 Å². The van der Waals surface area contributed by atoms with E-state index in [9.17, 15) is 8.42 Å². The van der Waals surface area contributed by atoms with Gasteiger partial charge < -0.3 is 10.6 Å². The minimum atomic E-state index is -3.35. The van der Waals surface area contributed by atoms with Crippen molar-refractivity contribution in [1.82, 2.24) is 14.9 Å². The Labute approximate surface area is 147 Å². The minimum absolute atomic E-state index is 0.360. The maximum atomic E-state index is 12.0. The third kappa shape index (κ3) is 6.70. The van der Waals surface area contributed by atoms with E-state index >= 15 is 0 Å². The van der Waals surface area contributed by atoms with Crippen molar-refractivity contribution in [2.75, 3.05) is 39.7 Å². The lowest BCUT2D eigenvalue weighted by atomic mass is 10.3. The molecule has 0 fully saturated rings. The lowest BCUT2D eigenvalue weighted by Crippen LogP contribution is -2.37. The zero-order valence-electron chi connectivity index (χ0n) is 14.1. The second-order valence-electron chi connectivity index (χ2n) is 5.06. The van der Waals surface area contributed by atoms with Crippen LogP contribution in [0.25, 0.3) is 0 Å². The fourth-order valence-corrected chi connectivity index (χ4v) is 4.70. The van der Waals surface area contributed by atoms with E-state index < -0.39 is 10.0 Å². The lowest BCUT2D eigenvalue weighted by molar-refractivity contribution is 0.523. The number of hydrogen-bond donors (Lipinski definition) is 2. The molecule has 0 amide bonds. The van der Waals surface area contributed by atoms with Crippen LogP contribution < -0.4 is 10.6 Å². The number of unbranched alkanes of at least 4 members (excludes halogenated alkanes) is 1. The summed E-state index contributed by atoms with van der Waals surface area (Å²) in [5, 5.41) is 6.47. The molecule has 0 bridgehead atoms. The molecule has 1 aromatic heterocycles. The number of sulfonamides is 1. The first-order chi connectivity index (χ1) is 10.9. The van der Waals surface area contributed by atoms with Crippen molar-refractivity contribution in [3.63, 3.8) is 0 Å². The summed E-state index contributed by atoms with van der Waals surface area (Å²) in [7, 11) is 1.46. The molecule has 0 saturated heterocycles. The summed E-state index contributed by atoms with van der Waals surface area (Å²) in [6.45, 7) is 1.43. The average molecular weight is 379 g/mol. The van der Waals surface area contributed by atoms with Crippen molar-refractivity contribution in [2.45, 2.75) is 23.6 Å². The number of thioether (sulfide) groups is 1. The molecular weight excluding hydrogens is 352 g/mol. The Bertz CT molecular complexity index is 597. The van der Waals surface area contributed by atoms with Crippen LogP contribution in [0, 0.1) is 0 Å². The van der Waals surface area contributed by atoms with Gasteiger partial charge in [-0.25, -0.2) is 12.7 Å². The van der Waals surface area contributed by atoms with Crippen molar-refractivity contribution in [3.8, 4) is 0 Å². The third-order valence-electron chi connectivity index (χ3n) is 3.09. The van der Waals surface area contributed by atoms with Gasteiger partial charge in [0.1, 0.15) is 4.21 Å². The van der Waals surface area contributed by atoms with Crippen LogP contribution in [-0.4, -0.2) is 58.4 Å². The summed E-state index contributed by atoms with van der Waals surface area (Å²) in [5.74, 6) is 1.91. The molecule has 6 nitrogen and oxygen atoms in total. The van der Waals surface area contributed by atoms with Crippen molar-refractivity contribution >= 4 is 39.1 Å². The number of hydrogen-bond acceptors (Lipinski definition) is 5. The number of nitrogens with zero attached hydrogens (tertiary/aromatic N) is 2. The van der Waals surface area contributed by atoms with Gasteiger partial charge in [-0.05, 0) is 37.0 Å². The normalized spacial score (nSPS) is 12.7. The van der Waals surface area contributed by atoms with Crippen LogP contribution in [0.3, 0.4) is 0 Å². The molecule has 0 aromatic carbocycles. The van der Waals surface area contributed by atoms with E-state index in [-0.39, 0.29) is 0 Å². The summed E-state index contributed by atoms with van der Waals surface area (Å²) in [4.78, 5) is 5.13. The summed E-state index contributed by atoms with van der Waals surface area (Å²) in [6, 6.07) is 3.48. The molecule has 0 aliphatic carbocycles. The van der Waals surface area contributed by atoms with Crippen molar-refractivity contribution in [2.24, 2.45) is 4.99 Å².